The first-order chi connectivity index (χ1) is 11.0. The maximum absolute atomic E-state index is 11.4. The van der Waals surface area contributed by atoms with Gasteiger partial charge >= 0.3 is 0 Å². The summed E-state index contributed by atoms with van der Waals surface area (Å²) >= 11 is 0. The second kappa shape index (κ2) is 5.80. The van der Waals surface area contributed by atoms with Crippen molar-refractivity contribution in [3.8, 4) is 16.9 Å². The van der Waals surface area contributed by atoms with E-state index in [1.807, 2.05) is 25.1 Å². The summed E-state index contributed by atoms with van der Waals surface area (Å²) in [7, 11) is 0. The van der Waals surface area contributed by atoms with Crippen LogP contribution in [0.5, 0.6) is 0 Å². The van der Waals surface area contributed by atoms with Gasteiger partial charge in [0.1, 0.15) is 5.69 Å². The van der Waals surface area contributed by atoms with Crippen LogP contribution in [0.1, 0.15) is 32.7 Å². The van der Waals surface area contributed by atoms with E-state index in [0.717, 1.165) is 28.8 Å². The maximum atomic E-state index is 11.4. The second-order valence-electron chi connectivity index (χ2n) is 5.94. The summed E-state index contributed by atoms with van der Waals surface area (Å²) < 4.78 is 1.75. The lowest BCUT2D eigenvalue weighted by molar-refractivity contribution is 0.111. The molecule has 4 heteroatoms. The summed E-state index contributed by atoms with van der Waals surface area (Å²) in [5.41, 5.74) is 7.64. The lowest BCUT2D eigenvalue weighted by atomic mass is 10.0. The van der Waals surface area contributed by atoms with E-state index >= 15 is 0 Å². The Morgan fingerprint density at radius 2 is 1.70 bits per heavy atom. The summed E-state index contributed by atoms with van der Waals surface area (Å²) in [5.74, 6) is 0. The normalized spacial score (nSPS) is 10.8. The third-order valence-electron chi connectivity index (χ3n) is 4.17. The predicted molar refractivity (Wildman–Crippen MR) is 91.1 cm³/mol. The van der Waals surface area contributed by atoms with E-state index in [0.29, 0.717) is 5.69 Å². The van der Waals surface area contributed by atoms with Crippen molar-refractivity contribution in [1.82, 2.24) is 15.0 Å². The molecule has 0 fully saturated rings. The Morgan fingerprint density at radius 3 is 2.35 bits per heavy atom. The zero-order chi connectivity index (χ0) is 16.6. The molecule has 0 radical (unpaired) electrons. The number of hydrogen-bond acceptors (Lipinski definition) is 3. The van der Waals surface area contributed by atoms with Gasteiger partial charge in [0.25, 0.3) is 0 Å². The lowest BCUT2D eigenvalue weighted by Crippen LogP contribution is -2.03. The van der Waals surface area contributed by atoms with Gasteiger partial charge in [-0.25, -0.2) is 4.68 Å². The van der Waals surface area contributed by atoms with Crippen molar-refractivity contribution in [1.29, 1.82) is 0 Å². The molecule has 0 atom stereocenters. The Labute approximate surface area is 135 Å². The molecule has 1 aromatic heterocycles. The van der Waals surface area contributed by atoms with E-state index in [4.69, 9.17) is 0 Å². The van der Waals surface area contributed by atoms with Crippen LogP contribution < -0.4 is 0 Å². The van der Waals surface area contributed by atoms with Crippen LogP contribution in [0.4, 0.5) is 0 Å². The van der Waals surface area contributed by atoms with Gasteiger partial charge < -0.3 is 0 Å². The monoisotopic (exact) mass is 305 g/mol. The molecule has 0 bridgehead atoms. The zero-order valence-electron chi connectivity index (χ0n) is 13.8. The zero-order valence-corrected chi connectivity index (χ0v) is 13.8. The van der Waals surface area contributed by atoms with Crippen molar-refractivity contribution < 1.29 is 4.79 Å². The molecule has 23 heavy (non-hydrogen) atoms. The number of nitrogens with zero attached hydrogens (tertiary/aromatic N) is 3. The van der Waals surface area contributed by atoms with Gasteiger partial charge in [-0.15, -0.1) is 5.10 Å². The van der Waals surface area contributed by atoms with Crippen LogP contribution in [0.25, 0.3) is 16.9 Å². The van der Waals surface area contributed by atoms with E-state index in [9.17, 15) is 4.79 Å². The molecule has 4 nitrogen and oxygen atoms in total. The number of benzene rings is 2. The largest absolute Gasteiger partial charge is 0.296 e. The fourth-order valence-corrected chi connectivity index (χ4v) is 2.74. The molecule has 0 aliphatic carbocycles. The number of aromatic nitrogens is 3. The van der Waals surface area contributed by atoms with Crippen molar-refractivity contribution in [2.45, 2.75) is 27.7 Å². The van der Waals surface area contributed by atoms with Gasteiger partial charge in [0, 0.05) is 5.56 Å². The van der Waals surface area contributed by atoms with Crippen LogP contribution in [-0.4, -0.2) is 21.3 Å². The average Bonchev–Trinajstić information content (AvgIpc) is 2.93. The van der Waals surface area contributed by atoms with Gasteiger partial charge in [0.2, 0.25) is 0 Å². The third-order valence-corrected chi connectivity index (χ3v) is 4.17. The molecule has 0 saturated carbocycles. The van der Waals surface area contributed by atoms with E-state index in [1.165, 1.54) is 16.7 Å². The molecule has 116 valence electrons. The summed E-state index contributed by atoms with van der Waals surface area (Å²) in [6.07, 6.45) is 0.761. The minimum absolute atomic E-state index is 0.355. The van der Waals surface area contributed by atoms with Crippen LogP contribution in [0.15, 0.2) is 36.4 Å². The van der Waals surface area contributed by atoms with Crippen molar-refractivity contribution in [2.75, 3.05) is 0 Å². The molecule has 0 spiro atoms. The summed E-state index contributed by atoms with van der Waals surface area (Å²) in [6.45, 7) is 8.22. The lowest BCUT2D eigenvalue weighted by Gasteiger charge is -2.11. The Kier molecular flexibility index (Phi) is 3.82. The first-order valence-corrected chi connectivity index (χ1v) is 7.57. The minimum atomic E-state index is 0.355. The molecule has 0 saturated heterocycles. The molecule has 0 amide bonds. The van der Waals surface area contributed by atoms with Crippen LogP contribution in [0.3, 0.4) is 0 Å². The first kappa shape index (κ1) is 15.2. The quantitative estimate of drug-likeness (QED) is 0.688. The van der Waals surface area contributed by atoms with Gasteiger partial charge in [-0.05, 0) is 56.5 Å². The Balaban J connectivity index is 2.25. The summed E-state index contributed by atoms with van der Waals surface area (Å²) in [5, 5.41) is 8.26. The van der Waals surface area contributed by atoms with Crippen molar-refractivity contribution >= 4 is 6.29 Å². The molecule has 2 aromatic carbocycles. The summed E-state index contributed by atoms with van der Waals surface area (Å²) in [4.78, 5) is 11.4. The molecular formula is C19H19N3O. The van der Waals surface area contributed by atoms with E-state index in [-0.39, 0.29) is 0 Å². The van der Waals surface area contributed by atoms with Crippen LogP contribution >= 0.6 is 0 Å². The molecule has 0 aliphatic rings. The van der Waals surface area contributed by atoms with E-state index in [2.05, 4.69) is 49.3 Å². The van der Waals surface area contributed by atoms with Gasteiger partial charge in [0.15, 0.2) is 12.0 Å². The molecule has 0 aliphatic heterocycles. The number of aldehydes is 1. The number of rotatable bonds is 3. The highest BCUT2D eigenvalue weighted by Crippen LogP contribution is 2.27. The van der Waals surface area contributed by atoms with Crippen molar-refractivity contribution in [3.63, 3.8) is 0 Å². The number of carbonyl (C=O) groups is 1. The molecular weight excluding hydrogens is 286 g/mol. The second-order valence-corrected chi connectivity index (χ2v) is 5.94. The standard InChI is InChI=1S/C19H19N3O/c1-12-5-8-18(15(4)9-12)22-19(17(11-23)20-21-22)16-7-6-13(2)14(3)10-16/h5-11H,1-4H3. The molecule has 3 rings (SSSR count). The van der Waals surface area contributed by atoms with E-state index in [1.54, 1.807) is 4.68 Å². The number of carbonyl (C=O) groups excluding carboxylic acids is 1. The van der Waals surface area contributed by atoms with Crippen LogP contribution in [0.2, 0.25) is 0 Å². The highest BCUT2D eigenvalue weighted by atomic mass is 16.1. The first-order valence-electron chi connectivity index (χ1n) is 7.57. The van der Waals surface area contributed by atoms with Crippen molar-refractivity contribution in [3.05, 3.63) is 64.3 Å². The average molecular weight is 305 g/mol. The fraction of sp³-hybridized carbons (Fsp3) is 0.211. The predicted octanol–water partition coefficient (Wildman–Crippen LogP) is 3.98. The Hall–Kier alpha value is -2.75. The highest BCUT2D eigenvalue weighted by molar-refractivity contribution is 5.84. The molecule has 0 N–H and O–H groups in total. The molecule has 3 aromatic rings. The van der Waals surface area contributed by atoms with Crippen molar-refractivity contribution in [2.24, 2.45) is 0 Å². The maximum Gasteiger partial charge on any atom is 0.172 e. The fourth-order valence-electron chi connectivity index (χ4n) is 2.74. The highest BCUT2D eigenvalue weighted by Gasteiger charge is 2.17. The van der Waals surface area contributed by atoms with Gasteiger partial charge in [-0.2, -0.15) is 0 Å². The van der Waals surface area contributed by atoms with Gasteiger partial charge in [-0.3, -0.25) is 4.79 Å². The van der Waals surface area contributed by atoms with Crippen LogP contribution in [-0.2, 0) is 0 Å². The van der Waals surface area contributed by atoms with Crippen LogP contribution in [0, 0.1) is 27.7 Å². The Bertz CT molecular complexity index is 894. The third kappa shape index (κ3) is 2.68. The summed E-state index contributed by atoms with van der Waals surface area (Å²) in [6, 6.07) is 12.3. The van der Waals surface area contributed by atoms with Gasteiger partial charge in [0.05, 0.1) is 5.69 Å². The SMILES string of the molecule is Cc1ccc(-n2nnc(C=O)c2-c2ccc(C)c(C)c2)c(C)c1. The number of aryl methyl sites for hydroxylation is 4. The smallest absolute Gasteiger partial charge is 0.172 e. The molecule has 1 heterocycles. The number of hydrogen-bond donors (Lipinski definition) is 0. The van der Waals surface area contributed by atoms with E-state index < -0.39 is 0 Å². The molecule has 0 unspecified atom stereocenters. The topological polar surface area (TPSA) is 47.8 Å². The Morgan fingerprint density at radius 1 is 0.913 bits per heavy atom. The van der Waals surface area contributed by atoms with Gasteiger partial charge in [-0.1, -0.05) is 35.0 Å². The minimum Gasteiger partial charge on any atom is -0.296 e.